The van der Waals surface area contributed by atoms with Gasteiger partial charge in [-0.05, 0) is 73.5 Å². The molecule has 0 atom stereocenters. The van der Waals surface area contributed by atoms with Gasteiger partial charge < -0.3 is 24.8 Å². The Labute approximate surface area is 241 Å². The Hall–Kier alpha value is -4.28. The van der Waals surface area contributed by atoms with E-state index in [1.54, 1.807) is 67.6 Å². The van der Waals surface area contributed by atoms with Gasteiger partial charge in [0.05, 0.1) is 35.2 Å². The Morgan fingerprint density at radius 2 is 1.65 bits per heavy atom. The summed E-state index contributed by atoms with van der Waals surface area (Å²) in [6.07, 6.45) is 2.22. The minimum absolute atomic E-state index is 0.229. The van der Waals surface area contributed by atoms with Crippen LogP contribution in [0.1, 0.15) is 25.8 Å². The van der Waals surface area contributed by atoms with Gasteiger partial charge >= 0.3 is 11.8 Å². The second kappa shape index (κ2) is 15.3. The lowest BCUT2D eigenvalue weighted by Crippen LogP contribution is -2.32. The topological polar surface area (TPSA) is 127 Å². The molecule has 0 aliphatic rings. The highest BCUT2D eigenvalue weighted by Crippen LogP contribution is 2.30. The number of halogens is 2. The van der Waals surface area contributed by atoms with E-state index < -0.39 is 17.7 Å². The molecule has 0 saturated heterocycles. The first-order valence-corrected chi connectivity index (χ1v) is 13.1. The molecule has 0 unspecified atom stereocenters. The van der Waals surface area contributed by atoms with E-state index in [2.05, 4.69) is 21.2 Å². The molecule has 3 N–H and O–H groups in total. The van der Waals surface area contributed by atoms with Gasteiger partial charge in [0.15, 0.2) is 18.1 Å². The van der Waals surface area contributed by atoms with Crippen molar-refractivity contribution in [3.05, 3.63) is 76.3 Å². The third-order valence-corrected chi connectivity index (χ3v) is 5.84. The summed E-state index contributed by atoms with van der Waals surface area (Å²) in [7, 11) is 0. The van der Waals surface area contributed by atoms with Crippen molar-refractivity contribution in [3.8, 4) is 17.2 Å². The largest absolute Gasteiger partial charge is 0.494 e. The molecule has 10 nitrogen and oxygen atoms in total. The minimum Gasteiger partial charge on any atom is -0.494 e. The Morgan fingerprint density at radius 1 is 0.875 bits per heavy atom. The van der Waals surface area contributed by atoms with Crippen molar-refractivity contribution >= 4 is 58.5 Å². The molecule has 0 spiro atoms. The number of hydrogen-bond donors (Lipinski definition) is 3. The molecule has 3 aromatic rings. The molecule has 0 aliphatic heterocycles. The average Bonchev–Trinajstić information content (AvgIpc) is 2.94. The molecule has 12 heteroatoms. The van der Waals surface area contributed by atoms with Crippen LogP contribution in [0.3, 0.4) is 0 Å². The molecule has 210 valence electrons. The van der Waals surface area contributed by atoms with E-state index in [1.807, 2.05) is 6.92 Å². The zero-order chi connectivity index (χ0) is 28.9. The molecule has 0 aliphatic carbocycles. The van der Waals surface area contributed by atoms with Gasteiger partial charge in [0, 0.05) is 5.69 Å². The lowest BCUT2D eigenvalue weighted by Gasteiger charge is -2.13. The summed E-state index contributed by atoms with van der Waals surface area (Å²) in [5.41, 5.74) is 3.53. The predicted molar refractivity (Wildman–Crippen MR) is 155 cm³/mol. The number of nitrogens with one attached hydrogen (secondary N) is 3. The Balaban J connectivity index is 1.53. The van der Waals surface area contributed by atoms with Crippen LogP contribution in [-0.4, -0.2) is 43.8 Å². The summed E-state index contributed by atoms with van der Waals surface area (Å²) in [5, 5.41) is 9.50. The molecule has 0 aromatic heterocycles. The number of carbonyl (C=O) groups excluding carboxylic acids is 3. The fraction of sp³-hybridized carbons (Fsp3) is 0.214. The molecule has 0 fully saturated rings. The van der Waals surface area contributed by atoms with Crippen LogP contribution in [0.25, 0.3) is 0 Å². The van der Waals surface area contributed by atoms with Crippen LogP contribution in [0.15, 0.2) is 65.8 Å². The number of amides is 3. The van der Waals surface area contributed by atoms with Crippen LogP contribution in [0.4, 0.5) is 11.4 Å². The molecule has 3 aromatic carbocycles. The van der Waals surface area contributed by atoms with E-state index >= 15 is 0 Å². The zero-order valence-electron chi connectivity index (χ0n) is 21.8. The first-order chi connectivity index (χ1) is 19.3. The van der Waals surface area contributed by atoms with Gasteiger partial charge in [-0.25, -0.2) is 5.43 Å². The zero-order valence-corrected chi connectivity index (χ0v) is 23.3. The highest BCUT2D eigenvalue weighted by atomic mass is 35.5. The van der Waals surface area contributed by atoms with Gasteiger partial charge in [-0.1, -0.05) is 36.2 Å². The number of nitrogens with zero attached hydrogens (tertiary/aromatic N) is 1. The molecule has 40 heavy (non-hydrogen) atoms. The predicted octanol–water partition coefficient (Wildman–Crippen LogP) is 5.29. The number of benzene rings is 3. The summed E-state index contributed by atoms with van der Waals surface area (Å²) < 4.78 is 16.7. The summed E-state index contributed by atoms with van der Waals surface area (Å²) in [6.45, 7) is 4.41. The maximum atomic E-state index is 12.3. The second-order valence-electron chi connectivity index (χ2n) is 8.10. The lowest BCUT2D eigenvalue weighted by atomic mass is 10.2. The smallest absolute Gasteiger partial charge is 0.329 e. The van der Waals surface area contributed by atoms with Gasteiger partial charge in [0.1, 0.15) is 5.75 Å². The second-order valence-corrected chi connectivity index (χ2v) is 8.89. The molecule has 3 amide bonds. The van der Waals surface area contributed by atoms with Gasteiger partial charge in [-0.15, -0.1) is 0 Å². The van der Waals surface area contributed by atoms with E-state index in [-0.39, 0.29) is 11.6 Å². The number of ether oxygens (including phenoxy) is 3. The average molecular weight is 587 g/mol. The van der Waals surface area contributed by atoms with Crippen LogP contribution in [0, 0.1) is 0 Å². The number of hydrazone groups is 1. The van der Waals surface area contributed by atoms with E-state index in [0.717, 1.165) is 6.42 Å². The van der Waals surface area contributed by atoms with Crippen LogP contribution < -0.4 is 30.3 Å². The van der Waals surface area contributed by atoms with E-state index in [1.165, 1.54) is 6.21 Å². The monoisotopic (exact) mass is 586 g/mol. The Kier molecular flexibility index (Phi) is 11.6. The van der Waals surface area contributed by atoms with Crippen molar-refractivity contribution in [2.75, 3.05) is 30.5 Å². The quantitative estimate of drug-likeness (QED) is 0.150. The first kappa shape index (κ1) is 30.3. The molecular weight excluding hydrogens is 559 g/mol. The number of anilines is 2. The van der Waals surface area contributed by atoms with Crippen LogP contribution in [-0.2, 0) is 14.4 Å². The molecular formula is C28H28Cl2N4O6. The summed E-state index contributed by atoms with van der Waals surface area (Å²) in [6, 6.07) is 16.4. The minimum atomic E-state index is -0.946. The summed E-state index contributed by atoms with van der Waals surface area (Å²) in [5.74, 6) is -0.924. The van der Waals surface area contributed by atoms with Crippen molar-refractivity contribution < 1.29 is 28.6 Å². The fourth-order valence-electron chi connectivity index (χ4n) is 3.18. The molecule has 0 radical (unpaired) electrons. The van der Waals surface area contributed by atoms with Gasteiger partial charge in [-0.2, -0.15) is 5.10 Å². The number of carbonyl (C=O) groups is 3. The van der Waals surface area contributed by atoms with Crippen molar-refractivity contribution in [1.29, 1.82) is 0 Å². The van der Waals surface area contributed by atoms with Crippen molar-refractivity contribution in [2.24, 2.45) is 5.10 Å². The normalized spacial score (nSPS) is 10.6. The maximum Gasteiger partial charge on any atom is 0.329 e. The Bertz CT molecular complexity index is 1370. The van der Waals surface area contributed by atoms with Crippen molar-refractivity contribution in [3.63, 3.8) is 0 Å². The molecule has 0 bridgehead atoms. The molecule has 3 rings (SSSR count). The van der Waals surface area contributed by atoms with Crippen molar-refractivity contribution in [2.45, 2.75) is 20.3 Å². The van der Waals surface area contributed by atoms with Gasteiger partial charge in [0.25, 0.3) is 5.91 Å². The van der Waals surface area contributed by atoms with Crippen LogP contribution >= 0.6 is 23.2 Å². The summed E-state index contributed by atoms with van der Waals surface area (Å²) >= 11 is 12.1. The first-order valence-electron chi connectivity index (χ1n) is 12.3. The lowest BCUT2D eigenvalue weighted by molar-refractivity contribution is -0.136. The van der Waals surface area contributed by atoms with Crippen molar-refractivity contribution in [1.82, 2.24) is 5.43 Å². The Morgan fingerprint density at radius 3 is 2.38 bits per heavy atom. The maximum absolute atomic E-state index is 12.3. The van der Waals surface area contributed by atoms with Crippen LogP contribution in [0.5, 0.6) is 17.2 Å². The van der Waals surface area contributed by atoms with Crippen LogP contribution in [0.2, 0.25) is 10.0 Å². The third kappa shape index (κ3) is 9.18. The molecule has 0 saturated carbocycles. The SMILES string of the molecule is CCCOc1ccc(NC(=O)C(=O)N/N=C\c2ccc(OCC(=O)Nc3cccc(Cl)c3Cl)c(OCC)c2)cc1. The summed E-state index contributed by atoms with van der Waals surface area (Å²) in [4.78, 5) is 36.6. The van der Waals surface area contributed by atoms with E-state index in [9.17, 15) is 14.4 Å². The van der Waals surface area contributed by atoms with Gasteiger partial charge in [0.2, 0.25) is 0 Å². The molecule has 0 heterocycles. The standard InChI is InChI=1S/C28H28Cl2N4O6/c1-3-14-39-20-11-9-19(10-12-20)32-27(36)28(37)34-31-16-18-8-13-23(24(15-18)38-4-2)40-17-25(35)33-22-7-5-6-21(29)26(22)30/h5-13,15-16H,3-4,14,17H2,1-2H3,(H,32,36)(H,33,35)(H,34,37)/b31-16-. The van der Waals surface area contributed by atoms with E-state index in [4.69, 9.17) is 37.4 Å². The van der Waals surface area contributed by atoms with Gasteiger partial charge in [-0.3, -0.25) is 14.4 Å². The number of rotatable bonds is 12. The number of hydrogen-bond acceptors (Lipinski definition) is 7. The highest BCUT2D eigenvalue weighted by Gasteiger charge is 2.14. The third-order valence-electron chi connectivity index (χ3n) is 5.02. The fourth-order valence-corrected chi connectivity index (χ4v) is 3.53. The highest BCUT2D eigenvalue weighted by molar-refractivity contribution is 6.44. The van der Waals surface area contributed by atoms with E-state index in [0.29, 0.717) is 52.4 Å².